The Hall–Kier alpha value is -2.25. The first-order valence-corrected chi connectivity index (χ1v) is 8.37. The van der Waals surface area contributed by atoms with Crippen molar-refractivity contribution in [2.75, 3.05) is 6.61 Å². The first kappa shape index (κ1) is 16.6. The summed E-state index contributed by atoms with van der Waals surface area (Å²) in [6.45, 7) is 0.625. The summed E-state index contributed by atoms with van der Waals surface area (Å²) in [6.07, 6.45) is 1.52. The van der Waals surface area contributed by atoms with Gasteiger partial charge in [0.2, 0.25) is 0 Å². The van der Waals surface area contributed by atoms with Gasteiger partial charge in [-0.05, 0) is 42.7 Å². The molecule has 0 bridgehead atoms. The maximum atomic E-state index is 13.2. The third-order valence-electron chi connectivity index (χ3n) is 3.89. The molecule has 0 spiro atoms. The summed E-state index contributed by atoms with van der Waals surface area (Å²) in [4.78, 5) is 23.8. The molecule has 0 saturated carbocycles. The van der Waals surface area contributed by atoms with E-state index in [0.29, 0.717) is 11.5 Å². The van der Waals surface area contributed by atoms with Gasteiger partial charge in [0.1, 0.15) is 10.7 Å². The molecule has 2 N–H and O–H groups in total. The Labute approximate surface area is 142 Å². The van der Waals surface area contributed by atoms with Crippen molar-refractivity contribution in [3.8, 4) is 0 Å². The molecule has 1 fully saturated rings. The fourth-order valence-electron chi connectivity index (χ4n) is 2.71. The summed E-state index contributed by atoms with van der Waals surface area (Å²) in [5.41, 5.74) is 0.756. The highest BCUT2D eigenvalue weighted by Gasteiger charge is 2.29. The van der Waals surface area contributed by atoms with E-state index in [2.05, 4.69) is 5.32 Å². The fourth-order valence-corrected chi connectivity index (χ4v) is 3.46. The Morgan fingerprint density at radius 1 is 1.21 bits per heavy atom. The number of amides is 1. The van der Waals surface area contributed by atoms with Crippen LogP contribution in [0, 0.1) is 5.82 Å². The van der Waals surface area contributed by atoms with Gasteiger partial charge in [-0.3, -0.25) is 4.79 Å². The lowest BCUT2D eigenvalue weighted by Gasteiger charge is -2.24. The molecule has 2 aromatic rings. The number of thiophene rings is 1. The summed E-state index contributed by atoms with van der Waals surface area (Å²) >= 11 is 0.919. The van der Waals surface area contributed by atoms with Crippen molar-refractivity contribution in [2.45, 2.75) is 25.0 Å². The molecular formula is C17H16FNO4S. The molecular weight excluding hydrogens is 333 g/mol. The Balaban J connectivity index is 1.81. The Bertz CT molecular complexity index is 737. The second-order valence-corrected chi connectivity index (χ2v) is 6.61. The number of rotatable bonds is 5. The maximum absolute atomic E-state index is 13.2. The maximum Gasteiger partial charge on any atom is 0.345 e. The number of carboxylic acid groups (broad SMARTS) is 1. The number of carboxylic acids is 1. The standard InChI is InChI=1S/C17H16FNO4S/c18-11-5-3-10(4-6-11)15(12-2-1-9-23-12)19-16(20)13-7-8-14(24-13)17(21)22/h3-8,12,15H,1-2,9H2,(H,19,20)(H,21,22). The van der Waals surface area contributed by atoms with Crippen molar-refractivity contribution in [1.82, 2.24) is 5.32 Å². The van der Waals surface area contributed by atoms with Crippen molar-refractivity contribution < 1.29 is 23.8 Å². The van der Waals surface area contributed by atoms with E-state index < -0.39 is 12.0 Å². The van der Waals surface area contributed by atoms with E-state index in [1.807, 2.05) is 0 Å². The van der Waals surface area contributed by atoms with Crippen molar-refractivity contribution >= 4 is 23.2 Å². The lowest BCUT2D eigenvalue weighted by Crippen LogP contribution is -2.35. The average molecular weight is 349 g/mol. The fraction of sp³-hybridized carbons (Fsp3) is 0.294. The summed E-state index contributed by atoms with van der Waals surface area (Å²) in [7, 11) is 0. The van der Waals surface area contributed by atoms with Gasteiger partial charge < -0.3 is 15.2 Å². The second kappa shape index (κ2) is 7.11. The molecule has 0 aliphatic carbocycles. The monoisotopic (exact) mass is 349 g/mol. The molecule has 1 amide bonds. The van der Waals surface area contributed by atoms with Crippen molar-refractivity contribution in [2.24, 2.45) is 0 Å². The molecule has 2 heterocycles. The van der Waals surface area contributed by atoms with Crippen LogP contribution in [0.4, 0.5) is 4.39 Å². The Morgan fingerprint density at radius 2 is 1.92 bits per heavy atom. The molecule has 1 aromatic heterocycles. The predicted molar refractivity (Wildman–Crippen MR) is 86.9 cm³/mol. The topological polar surface area (TPSA) is 75.6 Å². The summed E-state index contributed by atoms with van der Waals surface area (Å²) in [5, 5.41) is 11.9. The lowest BCUT2D eigenvalue weighted by atomic mass is 9.99. The molecule has 1 aliphatic heterocycles. The average Bonchev–Trinajstić information content (AvgIpc) is 3.25. The van der Waals surface area contributed by atoms with E-state index in [1.54, 1.807) is 12.1 Å². The molecule has 24 heavy (non-hydrogen) atoms. The lowest BCUT2D eigenvalue weighted by molar-refractivity contribution is 0.0674. The highest BCUT2D eigenvalue weighted by molar-refractivity contribution is 7.15. The number of carbonyl (C=O) groups is 2. The first-order chi connectivity index (χ1) is 11.5. The van der Waals surface area contributed by atoms with Gasteiger partial charge >= 0.3 is 5.97 Å². The molecule has 5 nitrogen and oxygen atoms in total. The van der Waals surface area contributed by atoms with Gasteiger partial charge in [-0.1, -0.05) is 12.1 Å². The summed E-state index contributed by atoms with van der Waals surface area (Å²) < 4.78 is 18.8. The van der Waals surface area contributed by atoms with Gasteiger partial charge in [-0.15, -0.1) is 11.3 Å². The van der Waals surface area contributed by atoms with Crippen LogP contribution in [0.3, 0.4) is 0 Å². The van der Waals surface area contributed by atoms with E-state index in [-0.39, 0.29) is 22.7 Å². The largest absolute Gasteiger partial charge is 0.477 e. The van der Waals surface area contributed by atoms with Crippen molar-refractivity contribution in [1.29, 1.82) is 0 Å². The van der Waals surface area contributed by atoms with Gasteiger partial charge in [0.15, 0.2) is 0 Å². The second-order valence-electron chi connectivity index (χ2n) is 5.52. The van der Waals surface area contributed by atoms with E-state index >= 15 is 0 Å². The van der Waals surface area contributed by atoms with Crippen LogP contribution in [-0.2, 0) is 4.74 Å². The van der Waals surface area contributed by atoms with Gasteiger partial charge in [-0.25, -0.2) is 9.18 Å². The van der Waals surface area contributed by atoms with Crippen molar-refractivity contribution in [3.63, 3.8) is 0 Å². The number of carbonyl (C=O) groups excluding carboxylic acids is 1. The van der Waals surface area contributed by atoms with Crippen LogP contribution in [0.5, 0.6) is 0 Å². The molecule has 1 aromatic carbocycles. The third kappa shape index (κ3) is 3.63. The zero-order valence-corrected chi connectivity index (χ0v) is 13.5. The Kier molecular flexibility index (Phi) is 4.92. The van der Waals surface area contributed by atoms with E-state index in [4.69, 9.17) is 9.84 Å². The third-order valence-corrected chi connectivity index (χ3v) is 4.96. The number of aromatic carboxylic acids is 1. The summed E-state index contributed by atoms with van der Waals surface area (Å²) in [6, 6.07) is 8.42. The smallest absolute Gasteiger partial charge is 0.345 e. The van der Waals surface area contributed by atoms with Crippen LogP contribution in [0.1, 0.15) is 43.8 Å². The quantitative estimate of drug-likeness (QED) is 0.869. The van der Waals surface area contributed by atoms with Gasteiger partial charge in [0.05, 0.1) is 17.0 Å². The molecule has 2 atom stereocenters. The van der Waals surface area contributed by atoms with Crippen molar-refractivity contribution in [3.05, 3.63) is 57.5 Å². The molecule has 1 saturated heterocycles. The zero-order chi connectivity index (χ0) is 17.1. The van der Waals surface area contributed by atoms with E-state index in [9.17, 15) is 14.0 Å². The van der Waals surface area contributed by atoms with Crippen LogP contribution in [0.25, 0.3) is 0 Å². The molecule has 0 radical (unpaired) electrons. The van der Waals surface area contributed by atoms with Crippen LogP contribution < -0.4 is 5.32 Å². The molecule has 2 unspecified atom stereocenters. The van der Waals surface area contributed by atoms with Gasteiger partial charge in [0, 0.05) is 6.61 Å². The van der Waals surface area contributed by atoms with Crippen LogP contribution in [0.15, 0.2) is 36.4 Å². The highest BCUT2D eigenvalue weighted by Crippen LogP contribution is 2.28. The number of hydrogen-bond donors (Lipinski definition) is 2. The van der Waals surface area contributed by atoms with Crippen LogP contribution >= 0.6 is 11.3 Å². The van der Waals surface area contributed by atoms with E-state index in [0.717, 1.165) is 29.7 Å². The van der Waals surface area contributed by atoms with Gasteiger partial charge in [0.25, 0.3) is 5.91 Å². The molecule has 1 aliphatic rings. The summed E-state index contributed by atoms with van der Waals surface area (Å²) in [5.74, 6) is -1.77. The predicted octanol–water partition coefficient (Wildman–Crippen LogP) is 3.24. The molecule has 126 valence electrons. The van der Waals surface area contributed by atoms with Gasteiger partial charge in [-0.2, -0.15) is 0 Å². The number of benzene rings is 1. The minimum absolute atomic E-state index is 0.107. The molecule has 7 heteroatoms. The zero-order valence-electron chi connectivity index (χ0n) is 12.7. The van der Waals surface area contributed by atoms with Crippen LogP contribution in [-0.4, -0.2) is 29.7 Å². The van der Waals surface area contributed by atoms with Crippen LogP contribution in [0.2, 0.25) is 0 Å². The first-order valence-electron chi connectivity index (χ1n) is 7.55. The molecule has 3 rings (SSSR count). The SMILES string of the molecule is O=C(O)c1ccc(C(=O)NC(c2ccc(F)cc2)C2CCCO2)s1. The number of halogens is 1. The minimum atomic E-state index is -1.06. The number of nitrogens with one attached hydrogen (secondary N) is 1. The minimum Gasteiger partial charge on any atom is -0.477 e. The Morgan fingerprint density at radius 3 is 2.50 bits per heavy atom. The number of hydrogen-bond acceptors (Lipinski definition) is 4. The highest BCUT2D eigenvalue weighted by atomic mass is 32.1. The van der Waals surface area contributed by atoms with E-state index in [1.165, 1.54) is 24.3 Å². The normalized spacial score (nSPS) is 18.3. The number of ether oxygens (including phenoxy) is 1.